The molecule has 0 saturated heterocycles. The Morgan fingerprint density at radius 3 is 2.63 bits per heavy atom. The van der Waals surface area contributed by atoms with Crippen LogP contribution in [0.2, 0.25) is 0 Å². The summed E-state index contributed by atoms with van der Waals surface area (Å²) in [6.07, 6.45) is 5.67. The van der Waals surface area contributed by atoms with Crippen molar-refractivity contribution in [1.29, 1.82) is 0 Å². The van der Waals surface area contributed by atoms with Crippen molar-refractivity contribution < 1.29 is 9.59 Å². The normalized spacial score (nSPS) is 11.8. The highest BCUT2D eigenvalue weighted by atomic mass is 79.9. The highest BCUT2D eigenvalue weighted by molar-refractivity contribution is 9.10. The second kappa shape index (κ2) is 12.0. The number of thiazole rings is 1. The van der Waals surface area contributed by atoms with Gasteiger partial charge in [-0.3, -0.25) is 14.6 Å². The van der Waals surface area contributed by atoms with Crippen LogP contribution in [0.3, 0.4) is 0 Å². The summed E-state index contributed by atoms with van der Waals surface area (Å²) in [5, 5.41) is 6.14. The lowest BCUT2D eigenvalue weighted by Crippen LogP contribution is -2.33. The fourth-order valence-corrected chi connectivity index (χ4v) is 5.95. The molecule has 0 atom stereocenters. The number of pyridine rings is 1. The van der Waals surface area contributed by atoms with Crippen LogP contribution in [-0.4, -0.2) is 76.1 Å². The molecule has 3 aromatic heterocycles. The zero-order valence-corrected chi connectivity index (χ0v) is 24.2. The number of aryl methyl sites for hydroxylation is 2. The van der Waals surface area contributed by atoms with E-state index in [2.05, 4.69) is 38.5 Å². The molecule has 0 bridgehead atoms. The molecular weight excluding hydrogens is 566 g/mol. The minimum Gasteiger partial charge on any atom is -0.372 e. The maximum absolute atomic E-state index is 13.0. The second-order valence-corrected chi connectivity index (χ2v) is 11.2. The van der Waals surface area contributed by atoms with E-state index in [0.29, 0.717) is 12.1 Å². The monoisotopic (exact) mass is 595 g/mol. The Balaban J connectivity index is 0.00000107. The number of carbonyl (C=O) groups is 2. The Morgan fingerprint density at radius 1 is 1.21 bits per heavy atom. The van der Waals surface area contributed by atoms with Crippen molar-refractivity contribution in [3.63, 3.8) is 0 Å². The van der Waals surface area contributed by atoms with Gasteiger partial charge >= 0.3 is 0 Å². The summed E-state index contributed by atoms with van der Waals surface area (Å²) in [4.78, 5) is 35.7. The molecule has 9 nitrogen and oxygen atoms in total. The second-order valence-electron chi connectivity index (χ2n) is 9.17. The minimum absolute atomic E-state index is 0.00184. The van der Waals surface area contributed by atoms with E-state index in [0.717, 1.165) is 57.2 Å². The summed E-state index contributed by atoms with van der Waals surface area (Å²) in [6, 6.07) is 9.74. The van der Waals surface area contributed by atoms with Gasteiger partial charge in [0.05, 0.1) is 32.7 Å². The number of rotatable bonds is 6. The highest BCUT2D eigenvalue weighted by Crippen LogP contribution is 2.43. The van der Waals surface area contributed by atoms with Crippen molar-refractivity contribution in [2.75, 3.05) is 34.2 Å². The molecule has 1 aromatic carbocycles. The van der Waals surface area contributed by atoms with Gasteiger partial charge in [-0.15, -0.1) is 11.3 Å². The quantitative estimate of drug-likeness (QED) is 0.338. The first-order chi connectivity index (χ1) is 18.2. The fraction of sp³-hybridized carbons (Fsp3) is 0.296. The average molecular weight is 597 g/mol. The molecule has 0 saturated carbocycles. The van der Waals surface area contributed by atoms with Crippen LogP contribution in [0.5, 0.6) is 0 Å². The maximum atomic E-state index is 13.0. The Labute approximate surface area is 234 Å². The van der Waals surface area contributed by atoms with Crippen molar-refractivity contribution >= 4 is 39.6 Å². The van der Waals surface area contributed by atoms with Crippen molar-refractivity contribution in [3.8, 4) is 27.5 Å². The molecule has 38 heavy (non-hydrogen) atoms. The molecule has 3 heterocycles. The lowest BCUT2D eigenvalue weighted by Gasteiger charge is -2.20. The molecule has 2 N–H and O–H groups in total. The Kier molecular flexibility index (Phi) is 8.70. The van der Waals surface area contributed by atoms with Gasteiger partial charge in [-0.05, 0) is 80.1 Å². The third-order valence-electron chi connectivity index (χ3n) is 6.20. The number of carbonyl (C=O) groups excluding carboxylic acids is 2. The molecule has 2 amide bonds. The zero-order chi connectivity index (χ0) is 27.4. The van der Waals surface area contributed by atoms with Gasteiger partial charge < -0.3 is 15.5 Å². The molecule has 0 aliphatic heterocycles. The fourth-order valence-electron chi connectivity index (χ4n) is 4.38. The molecule has 11 heteroatoms. The van der Waals surface area contributed by atoms with Gasteiger partial charge in [-0.25, -0.2) is 9.67 Å². The largest absolute Gasteiger partial charge is 0.372 e. The standard InChI is InChI=1S/C26H27BrN6OS.CH3NO/c1-16-29-21-9-8-19-23(18-6-5-11-28-15-18)30-33(24(19)25(21)35-16)22-10-7-17(14-20(22)27)26(34)32(4)13-12-31(2)3;2-1-3/h5-7,10-11,14-15H,8-9,12-13H2,1-4H3;1H,(H2,2,3). The Morgan fingerprint density at radius 2 is 1.97 bits per heavy atom. The highest BCUT2D eigenvalue weighted by Gasteiger charge is 2.30. The number of nitrogens with zero attached hydrogens (tertiary/aromatic N) is 6. The summed E-state index contributed by atoms with van der Waals surface area (Å²) in [5.41, 5.74) is 11.1. The molecule has 0 radical (unpaired) electrons. The lowest BCUT2D eigenvalue weighted by atomic mass is 9.95. The van der Waals surface area contributed by atoms with Crippen LogP contribution in [0.15, 0.2) is 47.2 Å². The number of hydrogen-bond donors (Lipinski definition) is 1. The first-order valence-electron chi connectivity index (χ1n) is 12.1. The van der Waals surface area contributed by atoms with Crippen LogP contribution >= 0.6 is 27.3 Å². The van der Waals surface area contributed by atoms with E-state index in [1.807, 2.05) is 62.4 Å². The summed E-state index contributed by atoms with van der Waals surface area (Å²) in [7, 11) is 5.85. The van der Waals surface area contributed by atoms with Crippen molar-refractivity contribution in [3.05, 3.63) is 69.0 Å². The van der Waals surface area contributed by atoms with Crippen molar-refractivity contribution in [2.24, 2.45) is 5.73 Å². The number of benzene rings is 1. The smallest absolute Gasteiger partial charge is 0.253 e. The van der Waals surface area contributed by atoms with Crippen LogP contribution < -0.4 is 5.73 Å². The number of halogens is 1. The topological polar surface area (TPSA) is 110 Å². The van der Waals surface area contributed by atoms with Gasteiger partial charge in [0, 0.05) is 53.7 Å². The first kappa shape index (κ1) is 27.6. The molecule has 5 rings (SSSR count). The van der Waals surface area contributed by atoms with Crippen LogP contribution in [0.1, 0.15) is 26.6 Å². The third-order valence-corrected chi connectivity index (χ3v) is 7.86. The summed E-state index contributed by atoms with van der Waals surface area (Å²) in [6.45, 7) is 3.53. The van der Waals surface area contributed by atoms with E-state index in [9.17, 15) is 4.79 Å². The number of fused-ring (bicyclic) bond motifs is 3. The summed E-state index contributed by atoms with van der Waals surface area (Å²) in [5.74, 6) is -0.00184. The van der Waals surface area contributed by atoms with Gasteiger partial charge in [-0.2, -0.15) is 5.10 Å². The van der Waals surface area contributed by atoms with E-state index >= 15 is 0 Å². The molecule has 0 fully saturated rings. The molecule has 0 unspecified atom stereocenters. The van der Waals surface area contributed by atoms with Crippen LogP contribution in [0, 0.1) is 6.92 Å². The summed E-state index contributed by atoms with van der Waals surface area (Å²) < 4.78 is 2.82. The van der Waals surface area contributed by atoms with E-state index in [1.54, 1.807) is 22.4 Å². The predicted molar refractivity (Wildman–Crippen MR) is 154 cm³/mol. The van der Waals surface area contributed by atoms with Gasteiger partial charge in [0.2, 0.25) is 6.41 Å². The van der Waals surface area contributed by atoms with Gasteiger partial charge in [-0.1, -0.05) is 0 Å². The number of aromatic nitrogens is 4. The zero-order valence-electron chi connectivity index (χ0n) is 21.8. The molecule has 4 aromatic rings. The van der Waals surface area contributed by atoms with E-state index in [-0.39, 0.29) is 12.3 Å². The molecule has 198 valence electrons. The third kappa shape index (κ3) is 5.69. The predicted octanol–water partition coefficient (Wildman–Crippen LogP) is 3.96. The van der Waals surface area contributed by atoms with E-state index < -0.39 is 0 Å². The van der Waals surface area contributed by atoms with Crippen molar-refractivity contribution in [1.82, 2.24) is 29.5 Å². The van der Waals surface area contributed by atoms with Crippen molar-refractivity contribution in [2.45, 2.75) is 19.8 Å². The first-order valence-corrected chi connectivity index (χ1v) is 13.7. The lowest BCUT2D eigenvalue weighted by molar-refractivity contribution is -0.106. The molecule has 1 aliphatic rings. The molecule has 1 aliphatic carbocycles. The van der Waals surface area contributed by atoms with Gasteiger partial charge in [0.1, 0.15) is 0 Å². The number of nitrogens with two attached hydrogens (primary N) is 1. The van der Waals surface area contributed by atoms with Crippen LogP contribution in [-0.2, 0) is 17.6 Å². The number of primary amides is 1. The molecule has 0 spiro atoms. The molecular formula is C27H30BrN7O2S. The maximum Gasteiger partial charge on any atom is 0.253 e. The minimum atomic E-state index is -0.00184. The van der Waals surface area contributed by atoms with Gasteiger partial charge in [0.25, 0.3) is 5.91 Å². The Hall–Kier alpha value is -3.41. The average Bonchev–Trinajstić information content (AvgIpc) is 3.47. The van der Waals surface area contributed by atoms with E-state index in [1.165, 1.54) is 10.4 Å². The van der Waals surface area contributed by atoms with E-state index in [4.69, 9.17) is 14.9 Å². The summed E-state index contributed by atoms with van der Waals surface area (Å²) >= 11 is 5.45. The number of amides is 2. The van der Waals surface area contributed by atoms with Crippen LogP contribution in [0.25, 0.3) is 27.5 Å². The number of hydrogen-bond acceptors (Lipinski definition) is 7. The van der Waals surface area contributed by atoms with Crippen LogP contribution in [0.4, 0.5) is 0 Å². The number of likely N-dealkylation sites (N-methyl/N-ethyl adjacent to an activating group) is 2. The Bertz CT molecular complexity index is 1450. The SMILES string of the molecule is Cc1nc2c(s1)-c1c(c(-c3cccnc3)nn1-c1ccc(C(=O)N(C)CCN(C)C)cc1Br)CC2.NC=O. The van der Waals surface area contributed by atoms with Gasteiger partial charge in [0.15, 0.2) is 0 Å².